The minimum absolute atomic E-state index is 0.934. The first-order valence-electron chi connectivity index (χ1n) is 11.8. The third-order valence-electron chi connectivity index (χ3n) is 6.70. The second kappa shape index (κ2) is 11.4. The summed E-state index contributed by atoms with van der Waals surface area (Å²) in [5.41, 5.74) is 5.19. The fourth-order valence-electron chi connectivity index (χ4n) is 4.75. The highest BCUT2D eigenvalue weighted by atomic mass is 14.7. The highest BCUT2D eigenvalue weighted by Gasteiger charge is 2.20. The molecule has 2 atom stereocenters. The Labute approximate surface area is 173 Å². The largest absolute Gasteiger partial charge is 0.256 e. The topological polar surface area (TPSA) is 12.9 Å². The summed E-state index contributed by atoms with van der Waals surface area (Å²) < 4.78 is 0. The monoisotopic (exact) mass is 377 g/mol. The molecule has 0 bridgehead atoms. The summed E-state index contributed by atoms with van der Waals surface area (Å²) in [6, 6.07) is 13.5. The standard InChI is InChI=1S/C27H39N/c1-3-5-6-7-9-23-14-17-26(18-15-23)27-19-16-25(21-28-27)13-12-24-11-8-10-22(4-2)20-24/h14-19,21-22,24H,3-13,20H2,1-2H3. The molecule has 1 aromatic heterocycles. The van der Waals surface area contributed by atoms with Crippen LogP contribution >= 0.6 is 0 Å². The van der Waals surface area contributed by atoms with Gasteiger partial charge in [0, 0.05) is 11.8 Å². The maximum absolute atomic E-state index is 4.76. The zero-order chi connectivity index (χ0) is 19.6. The van der Waals surface area contributed by atoms with Crippen LogP contribution in [0.2, 0.25) is 0 Å². The fraction of sp³-hybridized carbons (Fsp3) is 0.593. The van der Waals surface area contributed by atoms with Crippen LogP contribution in [0.3, 0.4) is 0 Å². The average molecular weight is 378 g/mol. The molecule has 1 nitrogen and oxygen atoms in total. The first-order valence-corrected chi connectivity index (χ1v) is 11.8. The van der Waals surface area contributed by atoms with Crippen LogP contribution in [0.4, 0.5) is 0 Å². The highest BCUT2D eigenvalue weighted by molar-refractivity contribution is 5.59. The van der Waals surface area contributed by atoms with E-state index in [1.165, 1.54) is 93.7 Å². The van der Waals surface area contributed by atoms with Gasteiger partial charge in [-0.05, 0) is 61.1 Å². The predicted molar refractivity (Wildman–Crippen MR) is 122 cm³/mol. The van der Waals surface area contributed by atoms with Gasteiger partial charge in [-0.3, -0.25) is 4.98 Å². The van der Waals surface area contributed by atoms with Crippen LogP contribution in [0.15, 0.2) is 42.6 Å². The molecule has 28 heavy (non-hydrogen) atoms. The molecule has 1 aliphatic rings. The number of aromatic nitrogens is 1. The van der Waals surface area contributed by atoms with E-state index in [-0.39, 0.29) is 0 Å². The lowest BCUT2D eigenvalue weighted by Gasteiger charge is -2.28. The van der Waals surface area contributed by atoms with Crippen molar-refractivity contribution in [2.24, 2.45) is 11.8 Å². The average Bonchev–Trinajstić information content (AvgIpc) is 2.76. The fourth-order valence-corrected chi connectivity index (χ4v) is 4.75. The van der Waals surface area contributed by atoms with Gasteiger partial charge in [0.2, 0.25) is 0 Å². The molecular formula is C27H39N. The van der Waals surface area contributed by atoms with Crippen molar-refractivity contribution in [3.63, 3.8) is 0 Å². The molecule has 0 amide bonds. The molecule has 1 saturated carbocycles. The third kappa shape index (κ3) is 6.47. The van der Waals surface area contributed by atoms with Gasteiger partial charge < -0.3 is 0 Å². The van der Waals surface area contributed by atoms with E-state index in [1.54, 1.807) is 0 Å². The van der Waals surface area contributed by atoms with Crippen molar-refractivity contribution in [3.8, 4) is 11.3 Å². The number of hydrogen-bond acceptors (Lipinski definition) is 1. The maximum Gasteiger partial charge on any atom is 0.0702 e. The van der Waals surface area contributed by atoms with E-state index in [0.717, 1.165) is 17.5 Å². The molecule has 152 valence electrons. The van der Waals surface area contributed by atoms with Crippen molar-refractivity contribution >= 4 is 0 Å². The van der Waals surface area contributed by atoms with Gasteiger partial charge in [0.15, 0.2) is 0 Å². The lowest BCUT2D eigenvalue weighted by atomic mass is 9.78. The molecule has 1 heteroatoms. The van der Waals surface area contributed by atoms with E-state index in [1.807, 2.05) is 0 Å². The van der Waals surface area contributed by atoms with Crippen molar-refractivity contribution in [2.75, 3.05) is 0 Å². The van der Waals surface area contributed by atoms with E-state index in [2.05, 4.69) is 56.4 Å². The number of benzene rings is 1. The quantitative estimate of drug-likeness (QED) is 0.382. The van der Waals surface area contributed by atoms with Crippen molar-refractivity contribution in [1.82, 2.24) is 4.98 Å². The van der Waals surface area contributed by atoms with E-state index in [4.69, 9.17) is 4.98 Å². The Hall–Kier alpha value is -1.63. The van der Waals surface area contributed by atoms with E-state index in [0.29, 0.717) is 0 Å². The van der Waals surface area contributed by atoms with Gasteiger partial charge in [0.25, 0.3) is 0 Å². The molecule has 2 aromatic rings. The third-order valence-corrected chi connectivity index (χ3v) is 6.70. The van der Waals surface area contributed by atoms with Crippen LogP contribution in [-0.4, -0.2) is 4.98 Å². The molecule has 1 heterocycles. The Morgan fingerprint density at radius 1 is 0.821 bits per heavy atom. The van der Waals surface area contributed by atoms with Crippen LogP contribution in [-0.2, 0) is 12.8 Å². The minimum Gasteiger partial charge on any atom is -0.256 e. The molecule has 1 aliphatic carbocycles. The highest BCUT2D eigenvalue weighted by Crippen LogP contribution is 2.33. The molecule has 1 aromatic carbocycles. The van der Waals surface area contributed by atoms with E-state index in [9.17, 15) is 0 Å². The normalized spacial score (nSPS) is 19.6. The molecule has 0 saturated heterocycles. The van der Waals surface area contributed by atoms with Crippen molar-refractivity contribution in [3.05, 3.63) is 53.7 Å². The molecule has 0 radical (unpaired) electrons. The Balaban J connectivity index is 1.48. The summed E-state index contributed by atoms with van der Waals surface area (Å²) in [5.74, 6) is 1.91. The van der Waals surface area contributed by atoms with E-state index >= 15 is 0 Å². The summed E-state index contributed by atoms with van der Waals surface area (Å²) in [6.07, 6.45) is 18.3. The lowest BCUT2D eigenvalue weighted by Crippen LogP contribution is -2.15. The summed E-state index contributed by atoms with van der Waals surface area (Å²) >= 11 is 0. The van der Waals surface area contributed by atoms with Crippen LogP contribution in [0.1, 0.15) is 89.2 Å². The number of hydrogen-bond donors (Lipinski definition) is 0. The summed E-state index contributed by atoms with van der Waals surface area (Å²) in [5, 5.41) is 0. The first-order chi connectivity index (χ1) is 13.8. The van der Waals surface area contributed by atoms with Gasteiger partial charge in [-0.1, -0.05) is 89.1 Å². The first kappa shape index (κ1) is 21.1. The van der Waals surface area contributed by atoms with Gasteiger partial charge >= 0.3 is 0 Å². The second-order valence-electron chi connectivity index (χ2n) is 8.90. The molecule has 3 rings (SSSR count). The van der Waals surface area contributed by atoms with Crippen LogP contribution in [0.5, 0.6) is 0 Å². The Bertz CT molecular complexity index is 670. The summed E-state index contributed by atoms with van der Waals surface area (Å²) in [6.45, 7) is 4.62. The van der Waals surface area contributed by atoms with Crippen LogP contribution < -0.4 is 0 Å². The zero-order valence-electron chi connectivity index (χ0n) is 18.1. The molecule has 0 spiro atoms. The summed E-state index contributed by atoms with van der Waals surface area (Å²) in [4.78, 5) is 4.76. The predicted octanol–water partition coefficient (Wildman–Crippen LogP) is 8.02. The Kier molecular flexibility index (Phi) is 8.58. The molecule has 0 N–H and O–H groups in total. The van der Waals surface area contributed by atoms with Gasteiger partial charge in [0.05, 0.1) is 5.69 Å². The maximum atomic E-state index is 4.76. The van der Waals surface area contributed by atoms with Gasteiger partial charge in [0.1, 0.15) is 0 Å². The Morgan fingerprint density at radius 3 is 2.32 bits per heavy atom. The number of unbranched alkanes of at least 4 members (excludes halogenated alkanes) is 3. The van der Waals surface area contributed by atoms with Gasteiger partial charge in [-0.2, -0.15) is 0 Å². The van der Waals surface area contributed by atoms with Crippen LogP contribution in [0.25, 0.3) is 11.3 Å². The molecule has 2 unspecified atom stereocenters. The molecular weight excluding hydrogens is 338 g/mol. The lowest BCUT2D eigenvalue weighted by molar-refractivity contribution is 0.250. The number of aryl methyl sites for hydroxylation is 2. The number of rotatable bonds is 10. The van der Waals surface area contributed by atoms with Crippen molar-refractivity contribution < 1.29 is 0 Å². The SMILES string of the molecule is CCCCCCc1ccc(-c2ccc(CCC3CCCC(CC)C3)cn2)cc1. The number of nitrogens with zero attached hydrogens (tertiary/aromatic N) is 1. The summed E-state index contributed by atoms with van der Waals surface area (Å²) in [7, 11) is 0. The van der Waals surface area contributed by atoms with Gasteiger partial charge in [-0.25, -0.2) is 0 Å². The smallest absolute Gasteiger partial charge is 0.0702 e. The van der Waals surface area contributed by atoms with Gasteiger partial charge in [-0.15, -0.1) is 0 Å². The zero-order valence-corrected chi connectivity index (χ0v) is 18.1. The van der Waals surface area contributed by atoms with E-state index < -0.39 is 0 Å². The second-order valence-corrected chi connectivity index (χ2v) is 8.90. The Morgan fingerprint density at radius 2 is 1.61 bits per heavy atom. The minimum atomic E-state index is 0.934. The van der Waals surface area contributed by atoms with Crippen molar-refractivity contribution in [2.45, 2.75) is 90.9 Å². The molecule has 1 fully saturated rings. The number of pyridine rings is 1. The molecule has 0 aliphatic heterocycles. The van der Waals surface area contributed by atoms with Crippen molar-refractivity contribution in [1.29, 1.82) is 0 Å². The van der Waals surface area contributed by atoms with Crippen LogP contribution in [0, 0.1) is 11.8 Å².